The summed E-state index contributed by atoms with van der Waals surface area (Å²) in [4.78, 5) is 13.7. The number of alkyl halides is 3. The molecule has 3 aliphatic rings. The molecule has 4 unspecified atom stereocenters. The largest absolute Gasteiger partial charge is 0.414 e. The van der Waals surface area contributed by atoms with E-state index < -0.39 is 18.2 Å². The Kier molecular flexibility index (Phi) is 5.27. The Bertz CT molecular complexity index is 450. The average molecular weight is 348 g/mol. The molecule has 3 rings (SSSR count). The van der Waals surface area contributed by atoms with Gasteiger partial charge in [0.05, 0.1) is 0 Å². The highest BCUT2D eigenvalue weighted by Gasteiger charge is 2.44. The van der Waals surface area contributed by atoms with E-state index in [4.69, 9.17) is 0 Å². The predicted octanol–water partition coefficient (Wildman–Crippen LogP) is 3.16. The number of hydrogen-bond acceptors (Lipinski definition) is 2. The van der Waals surface area contributed by atoms with Gasteiger partial charge in [0.25, 0.3) is 0 Å². The molecular weight excluding hydrogens is 321 g/mol. The zero-order chi connectivity index (χ0) is 17.3. The van der Waals surface area contributed by atoms with Crippen LogP contribution < -0.4 is 5.32 Å². The third-order valence-electron chi connectivity index (χ3n) is 6.28. The number of piperidine rings is 1. The summed E-state index contributed by atoms with van der Waals surface area (Å²) in [6, 6.07) is -0.182. The Balaban J connectivity index is 1.35. The summed E-state index contributed by atoms with van der Waals surface area (Å²) < 4.78 is 37.6. The minimum Gasteiger partial charge on any atom is -0.383 e. The monoisotopic (exact) mass is 348 g/mol. The van der Waals surface area contributed by atoms with E-state index >= 15 is 0 Å². The van der Waals surface area contributed by atoms with E-state index in [1.54, 1.807) is 4.90 Å². The lowest BCUT2D eigenvalue weighted by Gasteiger charge is -2.34. The molecule has 0 aromatic heterocycles. The minimum atomic E-state index is -4.57. The maximum absolute atomic E-state index is 12.5. The Morgan fingerprint density at radius 2 is 1.88 bits per heavy atom. The van der Waals surface area contributed by atoms with Gasteiger partial charge in [0, 0.05) is 19.6 Å². The number of aliphatic hydroxyl groups excluding tert-OH is 1. The zero-order valence-electron chi connectivity index (χ0n) is 13.9. The van der Waals surface area contributed by atoms with Gasteiger partial charge < -0.3 is 15.3 Å². The van der Waals surface area contributed by atoms with Crippen LogP contribution in [0.1, 0.15) is 44.9 Å². The van der Waals surface area contributed by atoms with Gasteiger partial charge in [-0.05, 0) is 62.2 Å². The van der Waals surface area contributed by atoms with E-state index in [1.165, 1.54) is 25.7 Å². The smallest absolute Gasteiger partial charge is 0.383 e. The molecule has 24 heavy (non-hydrogen) atoms. The fraction of sp³-hybridized carbons (Fsp3) is 0.941. The molecule has 0 aromatic rings. The normalized spacial score (nSPS) is 32.2. The second-order valence-corrected chi connectivity index (χ2v) is 7.77. The molecule has 2 bridgehead atoms. The molecule has 1 saturated heterocycles. The van der Waals surface area contributed by atoms with Gasteiger partial charge in [0.1, 0.15) is 0 Å². The van der Waals surface area contributed by atoms with E-state index in [2.05, 4.69) is 5.32 Å². The summed E-state index contributed by atoms with van der Waals surface area (Å²) >= 11 is 0. The lowest BCUT2D eigenvalue weighted by atomic mass is 9.86. The number of carbonyl (C=O) groups is 1. The molecule has 138 valence electrons. The second-order valence-electron chi connectivity index (χ2n) is 7.77. The molecule has 2 amide bonds. The van der Waals surface area contributed by atoms with Crippen molar-refractivity contribution < 1.29 is 23.1 Å². The van der Waals surface area contributed by atoms with Crippen molar-refractivity contribution in [2.45, 2.75) is 57.2 Å². The van der Waals surface area contributed by atoms with Crippen LogP contribution in [-0.4, -0.2) is 48.0 Å². The van der Waals surface area contributed by atoms with E-state index in [9.17, 15) is 23.1 Å². The van der Waals surface area contributed by atoms with Crippen molar-refractivity contribution in [2.75, 3.05) is 19.6 Å². The number of rotatable bonds is 4. The Labute approximate surface area is 140 Å². The van der Waals surface area contributed by atoms with Crippen LogP contribution in [-0.2, 0) is 0 Å². The first-order valence-electron chi connectivity index (χ1n) is 9.12. The van der Waals surface area contributed by atoms with E-state index in [1.807, 2.05) is 0 Å². The SMILES string of the molecule is O=C(NCCC1CC2CCC1C2)N1CCC(C(O)C(F)(F)F)CC1. The molecule has 7 heteroatoms. The number of amides is 2. The maximum atomic E-state index is 12.5. The van der Waals surface area contributed by atoms with Gasteiger partial charge >= 0.3 is 12.2 Å². The van der Waals surface area contributed by atoms with Crippen molar-refractivity contribution >= 4 is 6.03 Å². The number of hydrogen-bond donors (Lipinski definition) is 2. The first-order chi connectivity index (χ1) is 11.3. The summed E-state index contributed by atoms with van der Waals surface area (Å²) in [7, 11) is 0. The third kappa shape index (κ3) is 3.98. The first kappa shape index (κ1) is 17.8. The first-order valence-corrected chi connectivity index (χ1v) is 9.12. The summed E-state index contributed by atoms with van der Waals surface area (Å²) in [5, 5.41) is 12.2. The van der Waals surface area contributed by atoms with Gasteiger partial charge in [-0.2, -0.15) is 13.2 Å². The standard InChI is InChI=1S/C17H27F3N2O2/c18-17(19,20)15(23)12-4-7-22(8-5-12)16(24)21-6-3-14-10-11-1-2-13(14)9-11/h11-15,23H,1-10H2,(H,21,24). The van der Waals surface area contributed by atoms with Gasteiger partial charge in [0.2, 0.25) is 0 Å². The fourth-order valence-electron chi connectivity index (χ4n) is 4.89. The average Bonchev–Trinajstić information content (AvgIpc) is 3.16. The van der Waals surface area contributed by atoms with Crippen molar-refractivity contribution in [1.82, 2.24) is 10.2 Å². The van der Waals surface area contributed by atoms with E-state index in [0.717, 1.165) is 24.2 Å². The van der Waals surface area contributed by atoms with Gasteiger partial charge in [0.15, 0.2) is 6.10 Å². The van der Waals surface area contributed by atoms with Gasteiger partial charge in [-0.1, -0.05) is 6.42 Å². The van der Waals surface area contributed by atoms with Crippen LogP contribution in [0.15, 0.2) is 0 Å². The molecule has 1 heterocycles. The number of urea groups is 1. The lowest BCUT2D eigenvalue weighted by molar-refractivity contribution is -0.222. The quantitative estimate of drug-likeness (QED) is 0.820. The van der Waals surface area contributed by atoms with E-state index in [-0.39, 0.29) is 32.0 Å². The van der Waals surface area contributed by atoms with Crippen LogP contribution in [0.5, 0.6) is 0 Å². The Hall–Kier alpha value is -0.980. The molecule has 3 fully saturated rings. The van der Waals surface area contributed by atoms with Gasteiger partial charge in [-0.3, -0.25) is 0 Å². The predicted molar refractivity (Wildman–Crippen MR) is 83.3 cm³/mol. The lowest BCUT2D eigenvalue weighted by Crippen LogP contribution is -2.48. The molecule has 4 atom stereocenters. The Morgan fingerprint density at radius 3 is 2.42 bits per heavy atom. The molecule has 0 aromatic carbocycles. The van der Waals surface area contributed by atoms with Crippen LogP contribution in [0.25, 0.3) is 0 Å². The molecule has 2 N–H and O–H groups in total. The Morgan fingerprint density at radius 1 is 1.17 bits per heavy atom. The van der Waals surface area contributed by atoms with Crippen LogP contribution in [0.3, 0.4) is 0 Å². The van der Waals surface area contributed by atoms with Gasteiger partial charge in [-0.25, -0.2) is 4.79 Å². The van der Waals surface area contributed by atoms with Crippen molar-refractivity contribution in [1.29, 1.82) is 0 Å². The highest BCUT2D eigenvalue weighted by atomic mass is 19.4. The van der Waals surface area contributed by atoms with Crippen LogP contribution in [0, 0.1) is 23.7 Å². The van der Waals surface area contributed by atoms with Crippen LogP contribution in [0.4, 0.5) is 18.0 Å². The topological polar surface area (TPSA) is 52.6 Å². The van der Waals surface area contributed by atoms with Crippen molar-refractivity contribution in [3.05, 3.63) is 0 Å². The minimum absolute atomic E-state index is 0.182. The number of fused-ring (bicyclic) bond motifs is 2. The van der Waals surface area contributed by atoms with E-state index in [0.29, 0.717) is 6.54 Å². The number of nitrogens with zero attached hydrogens (tertiary/aromatic N) is 1. The highest BCUT2D eigenvalue weighted by molar-refractivity contribution is 5.74. The maximum Gasteiger partial charge on any atom is 0.414 e. The third-order valence-corrected chi connectivity index (χ3v) is 6.28. The summed E-state index contributed by atoms with van der Waals surface area (Å²) in [5.41, 5.74) is 0. The van der Waals surface area contributed by atoms with Crippen molar-refractivity contribution in [2.24, 2.45) is 23.7 Å². The molecule has 4 nitrogen and oxygen atoms in total. The number of carbonyl (C=O) groups excluding carboxylic acids is 1. The zero-order valence-corrected chi connectivity index (χ0v) is 13.9. The number of halogens is 3. The summed E-state index contributed by atoms with van der Waals surface area (Å²) in [6.07, 6.45) is -0.104. The second kappa shape index (κ2) is 7.10. The number of nitrogens with one attached hydrogen (secondary N) is 1. The molecule has 0 radical (unpaired) electrons. The summed E-state index contributed by atoms with van der Waals surface area (Å²) in [5.74, 6) is 1.67. The molecule has 0 spiro atoms. The number of likely N-dealkylation sites (tertiary alicyclic amines) is 1. The number of aliphatic hydroxyl groups is 1. The fourth-order valence-corrected chi connectivity index (χ4v) is 4.89. The van der Waals surface area contributed by atoms with Crippen LogP contribution in [0.2, 0.25) is 0 Å². The van der Waals surface area contributed by atoms with Crippen molar-refractivity contribution in [3.8, 4) is 0 Å². The summed E-state index contributed by atoms with van der Waals surface area (Å²) in [6.45, 7) is 1.20. The van der Waals surface area contributed by atoms with Gasteiger partial charge in [-0.15, -0.1) is 0 Å². The molecule has 2 aliphatic carbocycles. The molecule has 2 saturated carbocycles. The molecule has 1 aliphatic heterocycles. The highest BCUT2D eigenvalue weighted by Crippen LogP contribution is 2.49. The van der Waals surface area contributed by atoms with Crippen LogP contribution >= 0.6 is 0 Å². The van der Waals surface area contributed by atoms with Crippen molar-refractivity contribution in [3.63, 3.8) is 0 Å². The molecular formula is C17H27F3N2O2.